The summed E-state index contributed by atoms with van der Waals surface area (Å²) >= 11 is 0. The molecule has 0 saturated carbocycles. The van der Waals surface area contributed by atoms with E-state index in [4.69, 9.17) is 0 Å². The highest BCUT2D eigenvalue weighted by atomic mass is 16.1. The molecule has 2 aromatic carbocycles. The van der Waals surface area contributed by atoms with Gasteiger partial charge in [0.05, 0.1) is 12.4 Å². The van der Waals surface area contributed by atoms with Gasteiger partial charge in [-0.15, -0.1) is 0 Å². The molecule has 5 heteroatoms. The lowest BCUT2D eigenvalue weighted by atomic mass is 10.0. The molecule has 1 amide bonds. The van der Waals surface area contributed by atoms with Crippen LogP contribution in [0.4, 0.5) is 17.2 Å². The van der Waals surface area contributed by atoms with Crippen molar-refractivity contribution in [3.05, 3.63) is 77.7 Å². The molecule has 0 unspecified atom stereocenters. The fourth-order valence-electron chi connectivity index (χ4n) is 3.25. The average molecular weight is 344 g/mol. The number of amides is 1. The minimum absolute atomic E-state index is 0.252. The third-order valence-corrected chi connectivity index (χ3v) is 4.65. The van der Waals surface area contributed by atoms with Gasteiger partial charge in [0.2, 0.25) is 0 Å². The van der Waals surface area contributed by atoms with E-state index in [-0.39, 0.29) is 5.91 Å². The van der Waals surface area contributed by atoms with Crippen LogP contribution in [-0.2, 0) is 6.42 Å². The number of para-hydroxylation sites is 2. The molecule has 0 saturated heterocycles. The Morgan fingerprint density at radius 3 is 2.65 bits per heavy atom. The number of anilines is 3. The molecule has 2 heterocycles. The molecule has 1 N–H and O–H groups in total. The Hall–Kier alpha value is -3.21. The molecular weight excluding hydrogens is 324 g/mol. The summed E-state index contributed by atoms with van der Waals surface area (Å²) in [7, 11) is 0. The number of benzene rings is 2. The highest BCUT2D eigenvalue weighted by Gasteiger charge is 2.19. The van der Waals surface area contributed by atoms with Crippen LogP contribution in [-0.4, -0.2) is 22.4 Å². The number of aryl methyl sites for hydroxylation is 2. The molecule has 1 aliphatic rings. The second kappa shape index (κ2) is 6.96. The minimum atomic E-state index is -0.252. The number of nitrogens with one attached hydrogen (secondary N) is 1. The summed E-state index contributed by atoms with van der Waals surface area (Å²) in [6, 6.07) is 16.0. The van der Waals surface area contributed by atoms with E-state index in [9.17, 15) is 4.79 Å². The van der Waals surface area contributed by atoms with E-state index in [2.05, 4.69) is 38.4 Å². The highest BCUT2D eigenvalue weighted by Crippen LogP contribution is 2.31. The van der Waals surface area contributed by atoms with Gasteiger partial charge in [0.1, 0.15) is 5.69 Å². The number of carbonyl (C=O) groups is 1. The monoisotopic (exact) mass is 344 g/mol. The van der Waals surface area contributed by atoms with E-state index >= 15 is 0 Å². The van der Waals surface area contributed by atoms with Crippen LogP contribution in [0.1, 0.15) is 28.0 Å². The Labute approximate surface area is 152 Å². The smallest absolute Gasteiger partial charge is 0.275 e. The normalized spacial score (nSPS) is 13.2. The van der Waals surface area contributed by atoms with Gasteiger partial charge in [-0.1, -0.05) is 36.4 Å². The summed E-state index contributed by atoms with van der Waals surface area (Å²) < 4.78 is 0. The Kier molecular flexibility index (Phi) is 4.35. The van der Waals surface area contributed by atoms with Crippen LogP contribution < -0.4 is 10.2 Å². The van der Waals surface area contributed by atoms with Crippen molar-refractivity contribution >= 4 is 23.1 Å². The number of aromatic nitrogens is 2. The van der Waals surface area contributed by atoms with Crippen molar-refractivity contribution in [1.82, 2.24) is 9.97 Å². The van der Waals surface area contributed by atoms with Crippen LogP contribution >= 0.6 is 0 Å². The lowest BCUT2D eigenvalue weighted by Gasteiger charge is -2.30. The van der Waals surface area contributed by atoms with Crippen LogP contribution in [0.25, 0.3) is 0 Å². The predicted molar refractivity (Wildman–Crippen MR) is 103 cm³/mol. The highest BCUT2D eigenvalue weighted by molar-refractivity contribution is 6.03. The molecule has 4 rings (SSSR count). The second-order valence-electron chi connectivity index (χ2n) is 6.41. The van der Waals surface area contributed by atoms with E-state index in [0.717, 1.165) is 36.5 Å². The lowest BCUT2D eigenvalue weighted by molar-refractivity contribution is 0.102. The maximum absolute atomic E-state index is 12.4. The molecule has 0 bridgehead atoms. The number of carbonyl (C=O) groups excluding carboxylic acids is 1. The van der Waals surface area contributed by atoms with Crippen molar-refractivity contribution in [3.63, 3.8) is 0 Å². The van der Waals surface area contributed by atoms with Gasteiger partial charge in [0, 0.05) is 17.9 Å². The molecule has 1 aromatic heterocycles. The molecule has 26 heavy (non-hydrogen) atoms. The van der Waals surface area contributed by atoms with Crippen molar-refractivity contribution in [1.29, 1.82) is 0 Å². The minimum Gasteiger partial charge on any atom is -0.325 e. The lowest BCUT2D eigenvalue weighted by Crippen LogP contribution is -2.25. The van der Waals surface area contributed by atoms with Gasteiger partial charge in [0.15, 0.2) is 5.82 Å². The van der Waals surface area contributed by atoms with Crippen LogP contribution in [0.5, 0.6) is 0 Å². The largest absolute Gasteiger partial charge is 0.325 e. The molecule has 5 nitrogen and oxygen atoms in total. The summed E-state index contributed by atoms with van der Waals surface area (Å²) in [6.45, 7) is 2.86. The van der Waals surface area contributed by atoms with Crippen LogP contribution in [0, 0.1) is 6.92 Å². The molecule has 0 radical (unpaired) electrons. The van der Waals surface area contributed by atoms with Crippen molar-refractivity contribution in [3.8, 4) is 0 Å². The number of hydrogen-bond acceptors (Lipinski definition) is 4. The summed E-state index contributed by atoms with van der Waals surface area (Å²) in [6.07, 6.45) is 5.38. The summed E-state index contributed by atoms with van der Waals surface area (Å²) in [5.74, 6) is 0.516. The van der Waals surface area contributed by atoms with Crippen molar-refractivity contribution in [2.24, 2.45) is 0 Å². The van der Waals surface area contributed by atoms with E-state index in [0.29, 0.717) is 5.69 Å². The first-order valence-corrected chi connectivity index (χ1v) is 8.77. The van der Waals surface area contributed by atoms with Gasteiger partial charge in [-0.25, -0.2) is 9.97 Å². The molecule has 130 valence electrons. The zero-order valence-electron chi connectivity index (χ0n) is 14.6. The molecule has 0 atom stereocenters. The van der Waals surface area contributed by atoms with E-state index in [1.54, 1.807) is 12.4 Å². The van der Waals surface area contributed by atoms with Gasteiger partial charge >= 0.3 is 0 Å². The van der Waals surface area contributed by atoms with E-state index < -0.39 is 0 Å². The SMILES string of the molecule is Cc1ccccc1NC(=O)c1cnc(N2CCCc3ccccc32)cn1. The Morgan fingerprint density at radius 1 is 1.04 bits per heavy atom. The van der Waals surface area contributed by atoms with Crippen molar-refractivity contribution < 1.29 is 4.79 Å². The number of fused-ring (bicyclic) bond motifs is 1. The van der Waals surface area contributed by atoms with Crippen LogP contribution in [0.2, 0.25) is 0 Å². The molecule has 3 aromatic rings. The van der Waals surface area contributed by atoms with Crippen LogP contribution in [0.15, 0.2) is 60.9 Å². The van der Waals surface area contributed by atoms with E-state index in [1.807, 2.05) is 37.3 Å². The van der Waals surface area contributed by atoms with Gasteiger partial charge in [-0.2, -0.15) is 0 Å². The quantitative estimate of drug-likeness (QED) is 0.776. The molecular formula is C21H20N4O. The third-order valence-electron chi connectivity index (χ3n) is 4.65. The maximum atomic E-state index is 12.4. The second-order valence-corrected chi connectivity index (χ2v) is 6.41. The average Bonchev–Trinajstić information content (AvgIpc) is 2.69. The van der Waals surface area contributed by atoms with Gasteiger partial charge in [0.25, 0.3) is 5.91 Å². The zero-order chi connectivity index (χ0) is 17.9. The standard InChI is InChI=1S/C21H20N4O/c1-15-7-2-4-10-17(15)24-21(26)18-13-23-20(14-22-18)25-12-6-9-16-8-3-5-11-19(16)25/h2-5,7-8,10-11,13-14H,6,9,12H2,1H3,(H,24,26). The number of nitrogens with zero attached hydrogens (tertiary/aromatic N) is 3. The summed E-state index contributed by atoms with van der Waals surface area (Å²) in [5, 5.41) is 2.89. The summed E-state index contributed by atoms with van der Waals surface area (Å²) in [4.78, 5) is 23.4. The first-order valence-electron chi connectivity index (χ1n) is 8.77. The molecule has 0 spiro atoms. The Balaban J connectivity index is 1.54. The molecule has 0 fully saturated rings. The predicted octanol–water partition coefficient (Wildman–Crippen LogP) is 4.12. The van der Waals surface area contributed by atoms with Gasteiger partial charge < -0.3 is 10.2 Å². The number of rotatable bonds is 3. The van der Waals surface area contributed by atoms with Gasteiger partial charge in [-0.3, -0.25) is 4.79 Å². The van der Waals surface area contributed by atoms with Crippen LogP contribution in [0.3, 0.4) is 0 Å². The maximum Gasteiger partial charge on any atom is 0.275 e. The summed E-state index contributed by atoms with van der Waals surface area (Å²) in [5.41, 5.74) is 4.60. The Bertz CT molecular complexity index is 937. The van der Waals surface area contributed by atoms with Crippen molar-refractivity contribution in [2.75, 3.05) is 16.8 Å². The van der Waals surface area contributed by atoms with Crippen molar-refractivity contribution in [2.45, 2.75) is 19.8 Å². The molecule has 1 aliphatic heterocycles. The Morgan fingerprint density at radius 2 is 1.85 bits per heavy atom. The zero-order valence-corrected chi connectivity index (χ0v) is 14.6. The number of hydrogen-bond donors (Lipinski definition) is 1. The fraction of sp³-hybridized carbons (Fsp3) is 0.190. The van der Waals surface area contributed by atoms with E-state index in [1.165, 1.54) is 11.3 Å². The molecule has 0 aliphatic carbocycles. The third kappa shape index (κ3) is 3.16. The topological polar surface area (TPSA) is 58.1 Å². The first kappa shape index (κ1) is 16.3. The fourth-order valence-corrected chi connectivity index (χ4v) is 3.25. The first-order chi connectivity index (χ1) is 12.7. The van der Waals surface area contributed by atoms with Gasteiger partial charge in [-0.05, 0) is 43.0 Å².